The quantitative estimate of drug-likeness (QED) is 0.278. The van der Waals surface area contributed by atoms with Gasteiger partial charge < -0.3 is 24.8 Å². The van der Waals surface area contributed by atoms with Crippen LogP contribution in [0.2, 0.25) is 0 Å². The summed E-state index contributed by atoms with van der Waals surface area (Å²) >= 11 is 0. The predicted molar refractivity (Wildman–Crippen MR) is 143 cm³/mol. The number of unbranched alkanes of at least 4 members (excludes halogenated alkanes) is 1. The lowest BCUT2D eigenvalue weighted by Crippen LogP contribution is -2.43. The number of nitrogens with zero attached hydrogens (tertiary/aromatic N) is 2. The molecular weight excluding hydrogens is 508 g/mol. The Kier molecular flexibility index (Phi) is 13.1. The number of aliphatic carboxylic acids is 1. The second-order valence-corrected chi connectivity index (χ2v) is 9.77. The van der Waals surface area contributed by atoms with E-state index < -0.39 is 31.1 Å². The summed E-state index contributed by atoms with van der Waals surface area (Å²) in [5, 5.41) is 12.0. The number of carboxylic acid groups (broad SMARTS) is 1. The number of fused-ring (bicyclic) bond motifs is 1. The molecule has 1 aromatic heterocycles. The van der Waals surface area contributed by atoms with E-state index in [1.807, 2.05) is 23.1 Å². The van der Waals surface area contributed by atoms with Gasteiger partial charge in [0.15, 0.2) is 0 Å². The molecule has 214 valence electrons. The normalized spacial score (nSPS) is 13.7. The highest BCUT2D eigenvalue weighted by molar-refractivity contribution is 5.79. The molecule has 1 aromatic carbocycles. The highest BCUT2D eigenvalue weighted by Gasteiger charge is 2.22. The van der Waals surface area contributed by atoms with E-state index in [0.717, 1.165) is 43.4 Å². The van der Waals surface area contributed by atoms with Crippen molar-refractivity contribution in [3.63, 3.8) is 0 Å². The van der Waals surface area contributed by atoms with Gasteiger partial charge in [-0.15, -0.1) is 0 Å². The molecule has 1 heterocycles. The first-order chi connectivity index (χ1) is 18.9. The molecule has 0 spiro atoms. The van der Waals surface area contributed by atoms with Gasteiger partial charge >= 0.3 is 12.1 Å². The van der Waals surface area contributed by atoms with Gasteiger partial charge in [-0.25, -0.2) is 18.4 Å². The Balaban J connectivity index is 1.45. The molecule has 0 bridgehead atoms. The van der Waals surface area contributed by atoms with Crippen LogP contribution in [0.3, 0.4) is 0 Å². The topological polar surface area (TPSA) is 101 Å². The maximum absolute atomic E-state index is 12.4. The number of aromatic nitrogens is 1. The van der Waals surface area contributed by atoms with Crippen LogP contribution >= 0.6 is 0 Å². The number of nitrogens with one attached hydrogen (secondary N) is 1. The summed E-state index contributed by atoms with van der Waals surface area (Å²) in [5.74, 6) is -1.17. The lowest BCUT2D eigenvalue weighted by molar-refractivity contribution is -0.139. The monoisotopic (exact) mass is 547 g/mol. The van der Waals surface area contributed by atoms with E-state index in [-0.39, 0.29) is 19.6 Å². The number of carboxylic acids is 1. The number of halogens is 2. The third kappa shape index (κ3) is 11.7. The molecule has 0 saturated carbocycles. The van der Waals surface area contributed by atoms with Gasteiger partial charge in [-0.1, -0.05) is 36.4 Å². The Bertz CT molecular complexity index is 1030. The van der Waals surface area contributed by atoms with Crippen LogP contribution in [0.1, 0.15) is 54.6 Å². The molecule has 8 nitrogen and oxygen atoms in total. The van der Waals surface area contributed by atoms with Crippen molar-refractivity contribution >= 4 is 12.1 Å². The van der Waals surface area contributed by atoms with E-state index in [1.54, 1.807) is 12.1 Å². The maximum Gasteiger partial charge on any atom is 0.408 e. The lowest BCUT2D eigenvalue weighted by Gasteiger charge is -2.24. The molecule has 0 fully saturated rings. The zero-order valence-corrected chi connectivity index (χ0v) is 22.3. The van der Waals surface area contributed by atoms with E-state index in [9.17, 15) is 23.5 Å². The highest BCUT2D eigenvalue weighted by atomic mass is 19.3. The van der Waals surface area contributed by atoms with Crippen molar-refractivity contribution in [2.24, 2.45) is 0 Å². The number of hydrogen-bond donors (Lipinski definition) is 2. The van der Waals surface area contributed by atoms with Gasteiger partial charge in [-0.05, 0) is 75.1 Å². The second-order valence-electron chi connectivity index (χ2n) is 9.77. The van der Waals surface area contributed by atoms with Crippen LogP contribution in [0.4, 0.5) is 13.6 Å². The molecule has 1 aliphatic carbocycles. The summed E-state index contributed by atoms with van der Waals surface area (Å²) in [5.41, 5.74) is 4.43. The van der Waals surface area contributed by atoms with Crippen LogP contribution < -0.4 is 5.32 Å². The number of amides is 1. The van der Waals surface area contributed by atoms with Gasteiger partial charge in [0.2, 0.25) is 0 Å². The Labute approximate surface area is 228 Å². The standard InChI is InChI=1S/C29H39F2N3O5/c30-27(31)21-38-19-18-34(16-7-6-11-24-14-13-23-10-4-5-12-25(23)32-24)17-15-26(28(35)36)33-29(37)39-20-22-8-2-1-3-9-22/h1-3,8-9,13-14,26-27H,4-7,10-12,15-21H2,(H,33,37)(H,35,36)/t26-/m0/s1. The molecule has 1 amide bonds. The number of carbonyl (C=O) groups excluding carboxylic acids is 1. The number of carbonyl (C=O) groups is 2. The van der Waals surface area contributed by atoms with Gasteiger partial charge in [0.25, 0.3) is 6.43 Å². The number of pyridine rings is 1. The maximum atomic E-state index is 12.4. The fraction of sp³-hybridized carbons (Fsp3) is 0.552. The molecule has 0 radical (unpaired) electrons. The molecule has 0 saturated heterocycles. The highest BCUT2D eigenvalue weighted by Crippen LogP contribution is 2.20. The van der Waals surface area contributed by atoms with Gasteiger partial charge in [0, 0.05) is 24.5 Å². The first-order valence-corrected chi connectivity index (χ1v) is 13.7. The van der Waals surface area contributed by atoms with Crippen molar-refractivity contribution in [1.29, 1.82) is 0 Å². The number of hydrogen-bond acceptors (Lipinski definition) is 6. The van der Waals surface area contributed by atoms with Crippen LogP contribution in [-0.2, 0) is 40.1 Å². The average Bonchev–Trinajstić information content (AvgIpc) is 2.94. The van der Waals surface area contributed by atoms with E-state index in [2.05, 4.69) is 17.4 Å². The summed E-state index contributed by atoms with van der Waals surface area (Å²) in [6.07, 6.45) is 3.90. The third-order valence-corrected chi connectivity index (χ3v) is 6.73. The Morgan fingerprint density at radius 2 is 1.82 bits per heavy atom. The minimum Gasteiger partial charge on any atom is -0.480 e. The van der Waals surface area contributed by atoms with Crippen LogP contribution in [0.5, 0.6) is 0 Å². The van der Waals surface area contributed by atoms with Gasteiger partial charge in [0.05, 0.1) is 6.61 Å². The molecule has 0 aliphatic heterocycles. The zero-order valence-electron chi connectivity index (χ0n) is 22.3. The molecule has 0 unspecified atom stereocenters. The van der Waals surface area contributed by atoms with Crippen molar-refractivity contribution < 1.29 is 33.0 Å². The summed E-state index contributed by atoms with van der Waals surface area (Å²) in [6, 6.07) is 12.2. The van der Waals surface area contributed by atoms with Crippen molar-refractivity contribution in [2.45, 2.75) is 70.4 Å². The van der Waals surface area contributed by atoms with E-state index in [4.69, 9.17) is 14.5 Å². The van der Waals surface area contributed by atoms with E-state index in [0.29, 0.717) is 19.6 Å². The molecular formula is C29H39F2N3O5. The number of rotatable bonds is 17. The summed E-state index contributed by atoms with van der Waals surface area (Å²) in [4.78, 5) is 30.8. The minimum absolute atomic E-state index is 0.0334. The zero-order chi connectivity index (χ0) is 27.9. The number of alkyl halides is 2. The van der Waals surface area contributed by atoms with Crippen LogP contribution in [0, 0.1) is 0 Å². The SMILES string of the molecule is O=C(N[C@@H](CCN(CCCCc1ccc2c(n1)CCCC2)CCOCC(F)F)C(=O)O)OCc1ccccc1. The molecule has 10 heteroatoms. The van der Waals surface area contributed by atoms with Gasteiger partial charge in [-0.3, -0.25) is 4.98 Å². The average molecular weight is 548 g/mol. The number of aryl methyl sites for hydroxylation is 3. The summed E-state index contributed by atoms with van der Waals surface area (Å²) in [6.45, 7) is 0.893. The number of alkyl carbamates (subject to hydrolysis) is 1. The van der Waals surface area contributed by atoms with Crippen molar-refractivity contribution in [2.75, 3.05) is 32.8 Å². The van der Waals surface area contributed by atoms with Crippen molar-refractivity contribution in [3.8, 4) is 0 Å². The van der Waals surface area contributed by atoms with Crippen LogP contribution in [0.25, 0.3) is 0 Å². The smallest absolute Gasteiger partial charge is 0.408 e. The number of ether oxygens (including phenoxy) is 2. The number of benzene rings is 1. The third-order valence-electron chi connectivity index (χ3n) is 6.73. The molecule has 2 aromatic rings. The lowest BCUT2D eigenvalue weighted by atomic mass is 9.95. The van der Waals surface area contributed by atoms with E-state index >= 15 is 0 Å². The summed E-state index contributed by atoms with van der Waals surface area (Å²) < 4.78 is 35.1. The molecule has 1 aliphatic rings. The Morgan fingerprint density at radius 3 is 2.59 bits per heavy atom. The fourth-order valence-electron chi connectivity index (χ4n) is 4.59. The first-order valence-electron chi connectivity index (χ1n) is 13.7. The Hall–Kier alpha value is -3.11. The predicted octanol–water partition coefficient (Wildman–Crippen LogP) is 4.64. The van der Waals surface area contributed by atoms with Crippen molar-refractivity contribution in [3.05, 3.63) is 65.0 Å². The molecule has 39 heavy (non-hydrogen) atoms. The van der Waals surface area contributed by atoms with Gasteiger partial charge in [-0.2, -0.15) is 0 Å². The Morgan fingerprint density at radius 1 is 1.03 bits per heavy atom. The van der Waals surface area contributed by atoms with E-state index in [1.165, 1.54) is 24.1 Å². The molecule has 1 atom stereocenters. The van der Waals surface area contributed by atoms with Crippen LogP contribution in [-0.4, -0.2) is 72.4 Å². The van der Waals surface area contributed by atoms with Gasteiger partial charge in [0.1, 0.15) is 19.3 Å². The fourth-order valence-corrected chi connectivity index (χ4v) is 4.59. The minimum atomic E-state index is -2.54. The summed E-state index contributed by atoms with van der Waals surface area (Å²) in [7, 11) is 0. The second kappa shape index (κ2) is 16.8. The largest absolute Gasteiger partial charge is 0.480 e. The first kappa shape index (κ1) is 30.4. The molecule has 3 rings (SSSR count). The van der Waals surface area contributed by atoms with Crippen LogP contribution in [0.15, 0.2) is 42.5 Å². The molecule has 2 N–H and O–H groups in total. The van der Waals surface area contributed by atoms with Crippen molar-refractivity contribution in [1.82, 2.24) is 15.2 Å².